The molecular formula is C28H43N5O9. The van der Waals surface area contributed by atoms with E-state index in [1.165, 1.54) is 18.2 Å². The van der Waals surface area contributed by atoms with Crippen LogP contribution in [-0.4, -0.2) is 72.6 Å². The third kappa shape index (κ3) is 15.4. The van der Waals surface area contributed by atoms with Crippen LogP contribution in [0.1, 0.15) is 99.8 Å². The highest BCUT2D eigenvalue weighted by molar-refractivity contribution is 6.05. The van der Waals surface area contributed by atoms with Gasteiger partial charge in [-0.15, -0.1) is 0 Å². The summed E-state index contributed by atoms with van der Waals surface area (Å²) in [4.78, 5) is 74.2. The Labute approximate surface area is 246 Å². The molecule has 0 aliphatic carbocycles. The van der Waals surface area contributed by atoms with Crippen molar-refractivity contribution in [2.75, 3.05) is 19.9 Å². The maximum absolute atomic E-state index is 12.9. The summed E-state index contributed by atoms with van der Waals surface area (Å²) >= 11 is 0. The number of hydrogen-bond acceptors (Lipinski definition) is 9. The van der Waals surface area contributed by atoms with E-state index in [1.807, 2.05) is 0 Å². The number of hydrogen-bond donors (Lipinski definition) is 5. The Morgan fingerprint density at radius 2 is 0.857 bits per heavy atom. The number of rotatable bonds is 10. The summed E-state index contributed by atoms with van der Waals surface area (Å²) in [5.41, 5.74) is -2.24. The van der Waals surface area contributed by atoms with Crippen LogP contribution in [0.3, 0.4) is 0 Å². The molecule has 0 unspecified atom stereocenters. The van der Waals surface area contributed by atoms with Crippen LogP contribution in [0.2, 0.25) is 0 Å². The first-order valence-corrected chi connectivity index (χ1v) is 13.3. The van der Waals surface area contributed by atoms with Crippen molar-refractivity contribution in [2.24, 2.45) is 0 Å². The number of carbonyl (C=O) groups is 6. The lowest BCUT2D eigenvalue weighted by Crippen LogP contribution is -2.40. The van der Waals surface area contributed by atoms with Crippen molar-refractivity contribution in [1.29, 1.82) is 0 Å². The van der Waals surface area contributed by atoms with E-state index in [4.69, 9.17) is 14.2 Å². The molecule has 0 aromatic heterocycles. The quantitative estimate of drug-likeness (QED) is 0.154. The summed E-state index contributed by atoms with van der Waals surface area (Å²) in [6.45, 7) is 14.6. The molecule has 1 rings (SSSR count). The first kappa shape index (κ1) is 35.7. The predicted molar refractivity (Wildman–Crippen MR) is 153 cm³/mol. The number of ether oxygens (including phenoxy) is 3. The minimum absolute atomic E-state index is 0.0268. The SMILES string of the molecule is CC(C)(C)OC(=O)NCCC(=O)c1cc(C(=O)NCNC(=O)OC(C)(C)C)cc(C(=O)NCNC(=O)OC(C)(C)C)c1. The normalized spacial score (nSPS) is 11.5. The van der Waals surface area contributed by atoms with Gasteiger partial charge in [0, 0.05) is 29.7 Å². The molecule has 0 aliphatic heterocycles. The van der Waals surface area contributed by atoms with Gasteiger partial charge in [-0.25, -0.2) is 14.4 Å². The zero-order chi connectivity index (χ0) is 32.3. The fourth-order valence-corrected chi connectivity index (χ4v) is 3.01. The van der Waals surface area contributed by atoms with Crippen molar-refractivity contribution in [3.8, 4) is 0 Å². The van der Waals surface area contributed by atoms with E-state index in [2.05, 4.69) is 26.6 Å². The van der Waals surface area contributed by atoms with E-state index in [1.54, 1.807) is 62.3 Å². The van der Waals surface area contributed by atoms with Gasteiger partial charge in [-0.05, 0) is 80.5 Å². The second-order valence-electron chi connectivity index (χ2n) is 12.1. The molecule has 5 N–H and O–H groups in total. The maximum atomic E-state index is 12.9. The van der Waals surface area contributed by atoms with Crippen LogP contribution >= 0.6 is 0 Å². The summed E-state index contributed by atoms with van der Waals surface area (Å²) in [6, 6.07) is 3.82. The summed E-state index contributed by atoms with van der Waals surface area (Å²) in [5.74, 6) is -1.84. The molecule has 0 fully saturated rings. The zero-order valence-corrected chi connectivity index (χ0v) is 25.7. The number of Topliss-reactive ketones (excluding diaryl/α,β-unsaturated/α-hetero) is 1. The topological polar surface area (TPSA) is 190 Å². The van der Waals surface area contributed by atoms with Gasteiger partial charge in [-0.2, -0.15) is 0 Å². The van der Waals surface area contributed by atoms with Gasteiger partial charge in [0.15, 0.2) is 5.78 Å². The highest BCUT2D eigenvalue weighted by Gasteiger charge is 2.20. The van der Waals surface area contributed by atoms with Crippen LogP contribution in [-0.2, 0) is 14.2 Å². The van der Waals surface area contributed by atoms with Gasteiger partial charge < -0.3 is 40.8 Å². The number of ketones is 1. The van der Waals surface area contributed by atoms with Gasteiger partial charge in [0.2, 0.25) is 0 Å². The third-order valence-corrected chi connectivity index (χ3v) is 4.56. The fraction of sp³-hybridized carbons (Fsp3) is 0.571. The minimum Gasteiger partial charge on any atom is -0.444 e. The second kappa shape index (κ2) is 15.0. The standard InChI is InChI=1S/C28H43N5O9/c1-26(2,3)40-23(37)29-11-10-20(34)17-12-18(21(35)30-15-32-24(38)41-27(4,5)6)14-19(13-17)22(36)31-16-33-25(39)42-28(7,8)9/h12-14H,10-11,15-16H2,1-9H3,(H,29,37)(H,30,35)(H,31,36)(H,32,38)(H,33,39). The molecule has 0 heterocycles. The Morgan fingerprint density at radius 3 is 1.21 bits per heavy atom. The lowest BCUT2D eigenvalue weighted by atomic mass is 10.00. The Kier molecular flexibility index (Phi) is 12.8. The number of carbonyl (C=O) groups excluding carboxylic acids is 6. The van der Waals surface area contributed by atoms with E-state index < -0.39 is 52.7 Å². The van der Waals surface area contributed by atoms with Crippen LogP contribution in [0.25, 0.3) is 0 Å². The van der Waals surface area contributed by atoms with E-state index in [9.17, 15) is 28.8 Å². The molecule has 0 atom stereocenters. The van der Waals surface area contributed by atoms with E-state index >= 15 is 0 Å². The van der Waals surface area contributed by atoms with Gasteiger partial charge >= 0.3 is 18.3 Å². The molecule has 14 nitrogen and oxygen atoms in total. The number of benzene rings is 1. The Hall–Kier alpha value is -4.36. The van der Waals surface area contributed by atoms with Crippen LogP contribution in [0.5, 0.6) is 0 Å². The van der Waals surface area contributed by atoms with Crippen molar-refractivity contribution in [1.82, 2.24) is 26.6 Å². The molecule has 0 radical (unpaired) electrons. The summed E-state index contributed by atoms with van der Waals surface area (Å²) in [7, 11) is 0. The molecular weight excluding hydrogens is 550 g/mol. The average Bonchev–Trinajstić information content (AvgIpc) is 2.80. The van der Waals surface area contributed by atoms with Gasteiger partial charge in [-0.3, -0.25) is 14.4 Å². The van der Waals surface area contributed by atoms with Crippen molar-refractivity contribution in [3.05, 3.63) is 34.9 Å². The Bertz CT molecular complexity index is 1010. The molecule has 0 bridgehead atoms. The lowest BCUT2D eigenvalue weighted by molar-refractivity contribution is 0.0510. The molecule has 1 aromatic carbocycles. The molecule has 234 valence electrons. The molecule has 0 saturated carbocycles. The highest BCUT2D eigenvalue weighted by atomic mass is 16.6. The van der Waals surface area contributed by atoms with Crippen molar-refractivity contribution < 1.29 is 43.0 Å². The smallest absolute Gasteiger partial charge is 0.409 e. The lowest BCUT2D eigenvalue weighted by Gasteiger charge is -2.20. The third-order valence-electron chi connectivity index (χ3n) is 4.56. The van der Waals surface area contributed by atoms with Gasteiger partial charge in [0.25, 0.3) is 11.8 Å². The van der Waals surface area contributed by atoms with Gasteiger partial charge in [-0.1, -0.05) is 0 Å². The van der Waals surface area contributed by atoms with E-state index in [0.717, 1.165) is 0 Å². The monoisotopic (exact) mass is 593 g/mol. The predicted octanol–water partition coefficient (Wildman–Crippen LogP) is 3.21. The van der Waals surface area contributed by atoms with Crippen LogP contribution < -0.4 is 26.6 Å². The summed E-state index contributed by atoms with van der Waals surface area (Å²) < 4.78 is 15.4. The Morgan fingerprint density at radius 1 is 0.524 bits per heavy atom. The van der Waals surface area contributed by atoms with Crippen molar-refractivity contribution in [3.63, 3.8) is 0 Å². The van der Waals surface area contributed by atoms with Crippen molar-refractivity contribution >= 4 is 35.9 Å². The summed E-state index contributed by atoms with van der Waals surface area (Å²) in [6.07, 6.45) is -2.34. The molecule has 0 saturated heterocycles. The molecule has 42 heavy (non-hydrogen) atoms. The largest absolute Gasteiger partial charge is 0.444 e. The fourth-order valence-electron chi connectivity index (χ4n) is 3.01. The molecule has 5 amide bonds. The minimum atomic E-state index is -0.748. The molecule has 14 heteroatoms. The first-order chi connectivity index (χ1) is 19.1. The molecule has 0 spiro atoms. The highest BCUT2D eigenvalue weighted by Crippen LogP contribution is 2.14. The maximum Gasteiger partial charge on any atom is 0.409 e. The van der Waals surface area contributed by atoms with E-state index in [0.29, 0.717) is 0 Å². The van der Waals surface area contributed by atoms with Crippen molar-refractivity contribution in [2.45, 2.75) is 85.5 Å². The second-order valence-corrected chi connectivity index (χ2v) is 12.1. The van der Waals surface area contributed by atoms with E-state index in [-0.39, 0.29) is 43.0 Å². The van der Waals surface area contributed by atoms with Crippen LogP contribution in [0.4, 0.5) is 14.4 Å². The Balaban J connectivity index is 3.01. The average molecular weight is 594 g/mol. The van der Waals surface area contributed by atoms with Crippen LogP contribution in [0, 0.1) is 0 Å². The molecule has 1 aromatic rings. The number of amides is 5. The van der Waals surface area contributed by atoms with Crippen LogP contribution in [0.15, 0.2) is 18.2 Å². The van der Waals surface area contributed by atoms with Gasteiger partial charge in [0.1, 0.15) is 16.8 Å². The zero-order valence-electron chi connectivity index (χ0n) is 25.7. The summed E-state index contributed by atoms with van der Waals surface area (Å²) in [5, 5.41) is 12.2. The van der Waals surface area contributed by atoms with Gasteiger partial charge in [0.05, 0.1) is 13.3 Å². The number of nitrogens with one attached hydrogen (secondary N) is 5. The first-order valence-electron chi connectivity index (χ1n) is 13.3. The number of alkyl carbamates (subject to hydrolysis) is 3. The molecule has 0 aliphatic rings.